The first-order chi connectivity index (χ1) is 12.9. The molecule has 0 bridgehead atoms. The third-order valence-corrected chi connectivity index (χ3v) is 5.20. The molecule has 0 amide bonds. The summed E-state index contributed by atoms with van der Waals surface area (Å²) < 4.78 is 27.8. The van der Waals surface area contributed by atoms with Gasteiger partial charge in [-0.05, 0) is 45.3 Å². The van der Waals surface area contributed by atoms with Crippen molar-refractivity contribution >= 4 is 30.6 Å². The van der Waals surface area contributed by atoms with Crippen LogP contribution in [0.1, 0.15) is 47.1 Å². The number of hydrogen-bond donors (Lipinski definition) is 0. The van der Waals surface area contributed by atoms with Crippen LogP contribution in [-0.2, 0) is 28.4 Å². The fourth-order valence-corrected chi connectivity index (χ4v) is 2.93. The Hall–Kier alpha value is -2.32. The lowest BCUT2D eigenvalue weighted by atomic mass is 9.78. The highest BCUT2D eigenvalue weighted by Crippen LogP contribution is 2.37. The highest BCUT2D eigenvalue weighted by molar-refractivity contribution is 6.62. The molecule has 0 saturated carbocycles. The van der Waals surface area contributed by atoms with Crippen LogP contribution < -0.4 is 10.2 Å². The lowest BCUT2D eigenvalue weighted by Crippen LogP contribution is -2.41. The third kappa shape index (κ3) is 3.66. The molecule has 8 heteroatoms. The zero-order chi connectivity index (χ0) is 20.9. The Morgan fingerprint density at radius 3 is 1.96 bits per heavy atom. The van der Waals surface area contributed by atoms with Crippen LogP contribution in [0, 0.1) is 0 Å². The van der Waals surface area contributed by atoms with E-state index in [2.05, 4.69) is 0 Å². The van der Waals surface area contributed by atoms with Crippen molar-refractivity contribution < 1.29 is 33.1 Å². The van der Waals surface area contributed by atoms with Gasteiger partial charge in [0.25, 0.3) is 5.79 Å². The second-order valence-corrected chi connectivity index (χ2v) is 8.33. The Bertz CT molecular complexity index is 816. The third-order valence-electron chi connectivity index (χ3n) is 5.20. The first kappa shape index (κ1) is 20.4. The standard InChI is InChI=1S/C20H25BO7/c1-18(2)19(3,4)28-21(27-18)13-8-9-15(24-7)12(10-13)11-14-16(22)25-20(5,6)26-17(14)23/h8-11H,1-7H3. The van der Waals surface area contributed by atoms with Gasteiger partial charge in [0.15, 0.2) is 0 Å². The maximum absolute atomic E-state index is 12.3. The smallest absolute Gasteiger partial charge is 0.494 e. The van der Waals surface area contributed by atoms with Gasteiger partial charge >= 0.3 is 19.1 Å². The molecule has 1 aromatic rings. The van der Waals surface area contributed by atoms with Crippen molar-refractivity contribution in [2.24, 2.45) is 0 Å². The largest absolute Gasteiger partial charge is 0.496 e. The van der Waals surface area contributed by atoms with Crippen LogP contribution in [-0.4, -0.2) is 43.2 Å². The molecular weight excluding hydrogens is 363 g/mol. The molecule has 2 aliphatic rings. The van der Waals surface area contributed by atoms with Gasteiger partial charge in [0.1, 0.15) is 11.3 Å². The Kier molecular flexibility index (Phi) is 4.84. The van der Waals surface area contributed by atoms with E-state index in [9.17, 15) is 9.59 Å². The lowest BCUT2D eigenvalue weighted by Gasteiger charge is -2.32. The molecule has 0 aromatic heterocycles. The van der Waals surface area contributed by atoms with Crippen LogP contribution in [0.5, 0.6) is 5.75 Å². The van der Waals surface area contributed by atoms with Gasteiger partial charge in [-0.25, -0.2) is 9.59 Å². The molecule has 0 aliphatic carbocycles. The minimum atomic E-state index is -1.29. The summed E-state index contributed by atoms with van der Waals surface area (Å²) in [6.07, 6.45) is 1.40. The van der Waals surface area contributed by atoms with Gasteiger partial charge in [0.05, 0.1) is 18.3 Å². The number of carbonyl (C=O) groups excluding carboxylic acids is 2. The zero-order valence-electron chi connectivity index (χ0n) is 17.2. The van der Waals surface area contributed by atoms with E-state index in [1.807, 2.05) is 33.8 Å². The number of esters is 2. The van der Waals surface area contributed by atoms with E-state index in [1.54, 1.807) is 12.1 Å². The van der Waals surface area contributed by atoms with E-state index in [0.717, 1.165) is 5.46 Å². The van der Waals surface area contributed by atoms with E-state index in [0.29, 0.717) is 11.3 Å². The number of cyclic esters (lactones) is 2. The number of hydrogen-bond acceptors (Lipinski definition) is 7. The summed E-state index contributed by atoms with van der Waals surface area (Å²) in [5.41, 5.74) is 0.0728. The van der Waals surface area contributed by atoms with Gasteiger partial charge in [-0.3, -0.25) is 0 Å². The van der Waals surface area contributed by atoms with Crippen molar-refractivity contribution in [1.82, 2.24) is 0 Å². The molecule has 0 radical (unpaired) electrons. The lowest BCUT2D eigenvalue weighted by molar-refractivity contribution is -0.222. The Labute approximate surface area is 165 Å². The van der Waals surface area contributed by atoms with Crippen LogP contribution >= 0.6 is 0 Å². The quantitative estimate of drug-likeness (QED) is 0.340. The van der Waals surface area contributed by atoms with E-state index in [-0.39, 0.29) is 5.57 Å². The van der Waals surface area contributed by atoms with Gasteiger partial charge in [-0.2, -0.15) is 0 Å². The van der Waals surface area contributed by atoms with Crippen molar-refractivity contribution in [3.63, 3.8) is 0 Å². The highest BCUT2D eigenvalue weighted by atomic mass is 16.7. The molecular formula is C20H25BO7. The molecule has 7 nitrogen and oxygen atoms in total. The first-order valence-corrected chi connectivity index (χ1v) is 9.07. The van der Waals surface area contributed by atoms with Crippen molar-refractivity contribution in [1.29, 1.82) is 0 Å². The van der Waals surface area contributed by atoms with Crippen LogP contribution in [0.3, 0.4) is 0 Å². The van der Waals surface area contributed by atoms with Crippen molar-refractivity contribution in [2.45, 2.75) is 58.5 Å². The van der Waals surface area contributed by atoms with Crippen LogP contribution in [0.25, 0.3) is 6.08 Å². The predicted molar refractivity (Wildman–Crippen MR) is 103 cm³/mol. The maximum atomic E-state index is 12.3. The molecule has 0 spiro atoms. The van der Waals surface area contributed by atoms with E-state index in [1.165, 1.54) is 27.0 Å². The Morgan fingerprint density at radius 2 is 1.46 bits per heavy atom. The van der Waals surface area contributed by atoms with E-state index in [4.69, 9.17) is 23.5 Å². The average molecular weight is 388 g/mol. The summed E-state index contributed by atoms with van der Waals surface area (Å²) in [6, 6.07) is 5.31. The van der Waals surface area contributed by atoms with Gasteiger partial charge in [-0.1, -0.05) is 12.1 Å². The molecule has 28 heavy (non-hydrogen) atoms. The van der Waals surface area contributed by atoms with Gasteiger partial charge in [0, 0.05) is 19.4 Å². The number of ether oxygens (including phenoxy) is 3. The van der Waals surface area contributed by atoms with Crippen LogP contribution in [0.2, 0.25) is 0 Å². The minimum absolute atomic E-state index is 0.205. The SMILES string of the molecule is COc1ccc(B2OC(C)(C)C(C)(C)O2)cc1C=C1C(=O)OC(C)(C)OC1=O. The van der Waals surface area contributed by atoms with E-state index < -0.39 is 36.0 Å². The fourth-order valence-electron chi connectivity index (χ4n) is 2.93. The second-order valence-electron chi connectivity index (χ2n) is 8.33. The summed E-state index contributed by atoms with van der Waals surface area (Å²) in [4.78, 5) is 24.5. The summed E-state index contributed by atoms with van der Waals surface area (Å²) >= 11 is 0. The Balaban J connectivity index is 1.97. The number of rotatable bonds is 3. The summed E-state index contributed by atoms with van der Waals surface area (Å²) in [5, 5.41) is 0. The normalized spacial score (nSPS) is 22.5. The zero-order valence-corrected chi connectivity index (χ0v) is 17.2. The molecule has 1 aromatic carbocycles. The maximum Gasteiger partial charge on any atom is 0.494 e. The van der Waals surface area contributed by atoms with Gasteiger partial charge < -0.3 is 23.5 Å². The number of carbonyl (C=O) groups is 2. The average Bonchev–Trinajstić information content (AvgIpc) is 2.78. The highest BCUT2D eigenvalue weighted by Gasteiger charge is 2.51. The van der Waals surface area contributed by atoms with Crippen molar-refractivity contribution in [2.75, 3.05) is 7.11 Å². The second kappa shape index (κ2) is 6.63. The number of methoxy groups -OCH3 is 1. The molecule has 0 unspecified atom stereocenters. The molecule has 2 fully saturated rings. The molecule has 0 N–H and O–H groups in total. The number of benzene rings is 1. The fraction of sp³-hybridized carbons (Fsp3) is 0.500. The minimum Gasteiger partial charge on any atom is -0.496 e. The summed E-state index contributed by atoms with van der Waals surface area (Å²) in [6.45, 7) is 10.9. The summed E-state index contributed by atoms with van der Waals surface area (Å²) in [5.74, 6) is -2.30. The monoisotopic (exact) mass is 388 g/mol. The molecule has 3 rings (SSSR count). The van der Waals surface area contributed by atoms with Gasteiger partial charge in [-0.15, -0.1) is 0 Å². The predicted octanol–water partition coefficient (Wildman–Crippen LogP) is 2.21. The molecule has 2 aliphatic heterocycles. The van der Waals surface area contributed by atoms with Crippen LogP contribution in [0.15, 0.2) is 23.8 Å². The first-order valence-electron chi connectivity index (χ1n) is 9.07. The molecule has 2 heterocycles. The van der Waals surface area contributed by atoms with Gasteiger partial charge in [0.2, 0.25) is 0 Å². The Morgan fingerprint density at radius 1 is 0.929 bits per heavy atom. The topological polar surface area (TPSA) is 80.3 Å². The summed E-state index contributed by atoms with van der Waals surface area (Å²) in [7, 11) is 0.920. The molecule has 2 saturated heterocycles. The van der Waals surface area contributed by atoms with Crippen molar-refractivity contribution in [3.8, 4) is 5.75 Å². The van der Waals surface area contributed by atoms with E-state index >= 15 is 0 Å². The molecule has 0 atom stereocenters. The van der Waals surface area contributed by atoms with Crippen molar-refractivity contribution in [3.05, 3.63) is 29.3 Å². The molecule has 150 valence electrons. The van der Waals surface area contributed by atoms with Crippen LogP contribution in [0.4, 0.5) is 0 Å².